The van der Waals surface area contributed by atoms with Gasteiger partial charge in [0.1, 0.15) is 0 Å². The van der Waals surface area contributed by atoms with Crippen LogP contribution in [0.2, 0.25) is 0 Å². The summed E-state index contributed by atoms with van der Waals surface area (Å²) in [6.07, 6.45) is 26.3. The van der Waals surface area contributed by atoms with E-state index in [0.717, 1.165) is 25.9 Å². The van der Waals surface area contributed by atoms with Crippen molar-refractivity contribution in [3.05, 3.63) is 12.2 Å². The van der Waals surface area contributed by atoms with E-state index in [0.29, 0.717) is 5.91 Å². The number of hydrogen-bond acceptors (Lipinski definition) is 1. The average Bonchev–Trinajstić information content (AvgIpc) is 2.91. The Hall–Kier alpha value is -0.790. The molecule has 0 saturated carbocycles. The van der Waals surface area contributed by atoms with Crippen molar-refractivity contribution in [2.24, 2.45) is 0 Å². The van der Waals surface area contributed by atoms with Crippen molar-refractivity contribution >= 4 is 5.91 Å². The normalized spacial score (nSPS) is 15.6. The van der Waals surface area contributed by atoms with Crippen LogP contribution in [-0.2, 0) is 4.79 Å². The maximum Gasteiger partial charge on any atom is 0.222 e. The average molecular weight is 350 g/mol. The molecular formula is C23H43NO. The lowest BCUT2D eigenvalue weighted by Gasteiger charge is -2.20. The van der Waals surface area contributed by atoms with Gasteiger partial charge in [-0.2, -0.15) is 0 Å². The predicted octanol–water partition coefficient (Wildman–Crippen LogP) is 7.04. The maximum atomic E-state index is 12.2. The number of rotatable bonds is 14. The molecule has 0 aliphatic carbocycles. The largest absolute Gasteiger partial charge is 0.343 e. The molecular weight excluding hydrogens is 306 g/mol. The Morgan fingerprint density at radius 3 is 1.72 bits per heavy atom. The SMILES string of the molecule is C/C=C/CCCCCCCCCCCCCC(=O)N1CCCCCC1. The van der Waals surface area contributed by atoms with Crippen LogP contribution in [0.4, 0.5) is 0 Å². The zero-order valence-corrected chi connectivity index (χ0v) is 16.9. The van der Waals surface area contributed by atoms with Gasteiger partial charge in [0.05, 0.1) is 0 Å². The van der Waals surface area contributed by atoms with E-state index in [1.165, 1.54) is 96.3 Å². The highest BCUT2D eigenvalue weighted by Crippen LogP contribution is 2.14. The lowest BCUT2D eigenvalue weighted by molar-refractivity contribution is -0.131. The highest BCUT2D eigenvalue weighted by molar-refractivity contribution is 5.76. The molecule has 25 heavy (non-hydrogen) atoms. The van der Waals surface area contributed by atoms with Crippen LogP contribution in [-0.4, -0.2) is 23.9 Å². The molecule has 1 aliphatic heterocycles. The van der Waals surface area contributed by atoms with Gasteiger partial charge < -0.3 is 4.90 Å². The minimum atomic E-state index is 0.413. The highest BCUT2D eigenvalue weighted by Gasteiger charge is 2.14. The molecule has 0 bridgehead atoms. The molecule has 0 unspecified atom stereocenters. The summed E-state index contributed by atoms with van der Waals surface area (Å²) >= 11 is 0. The Bertz CT molecular complexity index is 329. The summed E-state index contributed by atoms with van der Waals surface area (Å²) in [5, 5.41) is 0. The van der Waals surface area contributed by atoms with Crippen LogP contribution in [0, 0.1) is 0 Å². The first kappa shape index (κ1) is 22.3. The third-order valence-electron chi connectivity index (χ3n) is 5.46. The van der Waals surface area contributed by atoms with E-state index >= 15 is 0 Å². The monoisotopic (exact) mass is 349 g/mol. The number of amides is 1. The van der Waals surface area contributed by atoms with Crippen molar-refractivity contribution in [3.63, 3.8) is 0 Å². The van der Waals surface area contributed by atoms with Gasteiger partial charge in [-0.05, 0) is 39.0 Å². The Balaban J connectivity index is 1.80. The number of hydrogen-bond donors (Lipinski definition) is 0. The predicted molar refractivity (Wildman–Crippen MR) is 110 cm³/mol. The summed E-state index contributed by atoms with van der Waals surface area (Å²) in [5.41, 5.74) is 0. The van der Waals surface area contributed by atoms with Crippen molar-refractivity contribution in [2.75, 3.05) is 13.1 Å². The van der Waals surface area contributed by atoms with Gasteiger partial charge in [-0.25, -0.2) is 0 Å². The molecule has 1 aliphatic rings. The summed E-state index contributed by atoms with van der Waals surface area (Å²) in [5.74, 6) is 0.413. The first-order valence-electron chi connectivity index (χ1n) is 11.2. The lowest BCUT2D eigenvalue weighted by Crippen LogP contribution is -2.31. The van der Waals surface area contributed by atoms with Crippen molar-refractivity contribution in [2.45, 2.75) is 116 Å². The first-order valence-corrected chi connectivity index (χ1v) is 11.2. The summed E-state index contributed by atoms with van der Waals surface area (Å²) in [7, 11) is 0. The second-order valence-electron chi connectivity index (χ2n) is 7.79. The Morgan fingerprint density at radius 2 is 1.20 bits per heavy atom. The Morgan fingerprint density at radius 1 is 0.720 bits per heavy atom. The molecule has 0 atom stereocenters. The zero-order valence-electron chi connectivity index (χ0n) is 16.9. The van der Waals surface area contributed by atoms with Gasteiger partial charge in [-0.1, -0.05) is 82.8 Å². The van der Waals surface area contributed by atoms with Crippen LogP contribution in [0.25, 0.3) is 0 Å². The summed E-state index contributed by atoms with van der Waals surface area (Å²) in [6, 6.07) is 0. The Labute approximate surface area is 157 Å². The minimum absolute atomic E-state index is 0.413. The van der Waals surface area contributed by atoms with E-state index in [2.05, 4.69) is 24.0 Å². The molecule has 0 aromatic heterocycles. The van der Waals surface area contributed by atoms with E-state index in [1.807, 2.05) is 0 Å². The van der Waals surface area contributed by atoms with E-state index in [1.54, 1.807) is 0 Å². The highest BCUT2D eigenvalue weighted by atomic mass is 16.2. The molecule has 1 rings (SSSR count). The molecule has 1 fully saturated rings. The molecule has 2 heteroatoms. The smallest absolute Gasteiger partial charge is 0.222 e. The third kappa shape index (κ3) is 13.1. The molecule has 1 heterocycles. The van der Waals surface area contributed by atoms with Gasteiger partial charge in [-0.3, -0.25) is 4.79 Å². The fourth-order valence-electron chi connectivity index (χ4n) is 3.77. The molecule has 1 amide bonds. The fourth-order valence-corrected chi connectivity index (χ4v) is 3.77. The first-order chi connectivity index (χ1) is 12.3. The number of unbranched alkanes of at least 4 members (excludes halogenated alkanes) is 11. The molecule has 2 nitrogen and oxygen atoms in total. The van der Waals surface area contributed by atoms with Crippen LogP contribution >= 0.6 is 0 Å². The maximum absolute atomic E-state index is 12.2. The topological polar surface area (TPSA) is 20.3 Å². The van der Waals surface area contributed by atoms with Crippen LogP contribution in [0.1, 0.15) is 116 Å². The van der Waals surface area contributed by atoms with E-state index in [-0.39, 0.29) is 0 Å². The molecule has 0 aromatic rings. The number of allylic oxidation sites excluding steroid dienone is 2. The fraction of sp³-hybridized carbons (Fsp3) is 0.870. The van der Waals surface area contributed by atoms with Crippen molar-refractivity contribution < 1.29 is 4.79 Å². The van der Waals surface area contributed by atoms with Crippen LogP contribution < -0.4 is 0 Å². The number of nitrogens with zero attached hydrogens (tertiary/aromatic N) is 1. The second kappa shape index (κ2) is 16.7. The van der Waals surface area contributed by atoms with Crippen molar-refractivity contribution in [3.8, 4) is 0 Å². The van der Waals surface area contributed by atoms with Crippen LogP contribution in [0.5, 0.6) is 0 Å². The molecule has 146 valence electrons. The molecule has 1 saturated heterocycles. The molecule has 0 N–H and O–H groups in total. The summed E-state index contributed by atoms with van der Waals surface area (Å²) < 4.78 is 0. The van der Waals surface area contributed by atoms with Gasteiger partial charge in [0.25, 0.3) is 0 Å². The quantitative estimate of drug-likeness (QED) is 0.243. The standard InChI is InChI=1S/C23H43NO/c1-2-3-4-5-6-7-8-9-10-11-12-13-14-17-20-23(25)24-21-18-15-16-19-22-24/h2-3H,4-22H2,1H3/b3-2+. The Kier molecular flexibility index (Phi) is 14.8. The van der Waals surface area contributed by atoms with E-state index in [9.17, 15) is 4.79 Å². The molecule has 0 spiro atoms. The van der Waals surface area contributed by atoms with Gasteiger partial charge >= 0.3 is 0 Å². The van der Waals surface area contributed by atoms with Crippen molar-refractivity contribution in [1.29, 1.82) is 0 Å². The van der Waals surface area contributed by atoms with Gasteiger partial charge in [0, 0.05) is 19.5 Å². The van der Waals surface area contributed by atoms with Gasteiger partial charge in [0.15, 0.2) is 0 Å². The number of carbonyl (C=O) groups is 1. The van der Waals surface area contributed by atoms with Crippen LogP contribution in [0.15, 0.2) is 12.2 Å². The van der Waals surface area contributed by atoms with Gasteiger partial charge in [-0.15, -0.1) is 0 Å². The zero-order chi connectivity index (χ0) is 18.0. The van der Waals surface area contributed by atoms with E-state index in [4.69, 9.17) is 0 Å². The van der Waals surface area contributed by atoms with Crippen molar-refractivity contribution in [1.82, 2.24) is 4.90 Å². The van der Waals surface area contributed by atoms with Gasteiger partial charge in [0.2, 0.25) is 5.91 Å². The summed E-state index contributed by atoms with van der Waals surface area (Å²) in [6.45, 7) is 4.12. The number of likely N-dealkylation sites (tertiary alicyclic amines) is 1. The molecule has 0 radical (unpaired) electrons. The number of carbonyl (C=O) groups excluding carboxylic acids is 1. The lowest BCUT2D eigenvalue weighted by atomic mass is 10.0. The molecule has 0 aromatic carbocycles. The third-order valence-corrected chi connectivity index (χ3v) is 5.46. The summed E-state index contributed by atoms with van der Waals surface area (Å²) in [4.78, 5) is 14.3. The van der Waals surface area contributed by atoms with Crippen LogP contribution in [0.3, 0.4) is 0 Å². The van der Waals surface area contributed by atoms with E-state index < -0.39 is 0 Å². The second-order valence-corrected chi connectivity index (χ2v) is 7.79. The minimum Gasteiger partial charge on any atom is -0.343 e.